The van der Waals surface area contributed by atoms with Gasteiger partial charge >= 0.3 is 0 Å². The highest BCUT2D eigenvalue weighted by atomic mass is 16.3. The van der Waals surface area contributed by atoms with Crippen molar-refractivity contribution >= 4 is 11.8 Å². The summed E-state index contributed by atoms with van der Waals surface area (Å²) in [6.45, 7) is 4.44. The van der Waals surface area contributed by atoms with E-state index in [0.29, 0.717) is 13.0 Å². The number of amides is 2. The van der Waals surface area contributed by atoms with E-state index in [9.17, 15) is 14.7 Å². The summed E-state index contributed by atoms with van der Waals surface area (Å²) in [6.07, 6.45) is 0.635. The number of carbonyl (C=O) groups excluding carboxylic acids is 2. The minimum Gasteiger partial charge on any atom is -0.390 e. The van der Waals surface area contributed by atoms with Crippen LogP contribution >= 0.6 is 0 Å². The van der Waals surface area contributed by atoms with Crippen molar-refractivity contribution in [1.29, 1.82) is 0 Å². The fourth-order valence-corrected chi connectivity index (χ4v) is 2.44. The summed E-state index contributed by atoms with van der Waals surface area (Å²) in [6, 6.07) is -1.08. The monoisotopic (exact) mass is 226 g/mol. The molecule has 5 heteroatoms. The highest BCUT2D eigenvalue weighted by Crippen LogP contribution is 2.25. The Morgan fingerprint density at radius 1 is 1.56 bits per heavy atom. The maximum Gasteiger partial charge on any atom is 0.246 e. The molecular weight excluding hydrogens is 208 g/mol. The van der Waals surface area contributed by atoms with Crippen LogP contribution in [0.25, 0.3) is 0 Å². The number of hydrogen-bond donors (Lipinski definition) is 2. The topological polar surface area (TPSA) is 69.6 Å². The van der Waals surface area contributed by atoms with Crippen molar-refractivity contribution in [3.63, 3.8) is 0 Å². The normalized spacial score (nSPS) is 35.9. The molecule has 16 heavy (non-hydrogen) atoms. The zero-order valence-corrected chi connectivity index (χ0v) is 9.64. The first-order valence-corrected chi connectivity index (χ1v) is 5.85. The number of fused-ring (bicyclic) bond motifs is 1. The van der Waals surface area contributed by atoms with Crippen LogP contribution in [0.1, 0.15) is 26.7 Å². The lowest BCUT2D eigenvalue weighted by Crippen LogP contribution is -2.64. The summed E-state index contributed by atoms with van der Waals surface area (Å²) < 4.78 is 0. The van der Waals surface area contributed by atoms with E-state index in [0.717, 1.165) is 6.42 Å². The molecular formula is C11H18N2O3. The van der Waals surface area contributed by atoms with Crippen LogP contribution in [-0.2, 0) is 9.59 Å². The fraction of sp³-hybridized carbons (Fsp3) is 0.818. The largest absolute Gasteiger partial charge is 0.390 e. The number of carbonyl (C=O) groups is 2. The van der Waals surface area contributed by atoms with Crippen molar-refractivity contribution in [2.75, 3.05) is 6.54 Å². The van der Waals surface area contributed by atoms with Gasteiger partial charge in [-0.05, 0) is 12.3 Å². The third-order valence-electron chi connectivity index (χ3n) is 3.69. The fourth-order valence-electron chi connectivity index (χ4n) is 2.44. The molecule has 5 nitrogen and oxygen atoms in total. The van der Waals surface area contributed by atoms with Gasteiger partial charge in [-0.2, -0.15) is 0 Å². The molecule has 0 radical (unpaired) electrons. The van der Waals surface area contributed by atoms with Gasteiger partial charge in [0.15, 0.2) is 0 Å². The van der Waals surface area contributed by atoms with Crippen molar-refractivity contribution in [3.05, 3.63) is 0 Å². The van der Waals surface area contributed by atoms with Crippen LogP contribution in [0.2, 0.25) is 0 Å². The third kappa shape index (κ3) is 1.59. The minimum atomic E-state index is -0.707. The number of piperazine rings is 1. The molecule has 2 amide bonds. The Balaban J connectivity index is 2.20. The van der Waals surface area contributed by atoms with Crippen LogP contribution < -0.4 is 5.32 Å². The van der Waals surface area contributed by atoms with Gasteiger partial charge in [-0.25, -0.2) is 0 Å². The number of hydrogen-bond acceptors (Lipinski definition) is 3. The van der Waals surface area contributed by atoms with Gasteiger partial charge in [0.05, 0.1) is 6.10 Å². The van der Waals surface area contributed by atoms with Gasteiger partial charge in [0.25, 0.3) is 0 Å². The Labute approximate surface area is 94.8 Å². The lowest BCUT2D eigenvalue weighted by molar-refractivity contribution is -0.150. The SMILES string of the molecule is CCC(C)[C@@H]1NC(=O)[C@@H]2C(O)CCN2C1=O. The molecule has 2 rings (SSSR count). The molecule has 0 aromatic heterocycles. The highest BCUT2D eigenvalue weighted by molar-refractivity contribution is 5.98. The summed E-state index contributed by atoms with van der Waals surface area (Å²) in [4.78, 5) is 25.4. The Morgan fingerprint density at radius 3 is 2.88 bits per heavy atom. The van der Waals surface area contributed by atoms with Gasteiger partial charge in [0.2, 0.25) is 11.8 Å². The molecule has 0 aliphatic carbocycles. The van der Waals surface area contributed by atoms with Gasteiger partial charge < -0.3 is 15.3 Å². The molecule has 2 saturated heterocycles. The Hall–Kier alpha value is -1.10. The third-order valence-corrected chi connectivity index (χ3v) is 3.69. The van der Waals surface area contributed by atoms with Crippen LogP contribution in [0.15, 0.2) is 0 Å². The number of aliphatic hydroxyl groups excluding tert-OH is 1. The molecule has 4 atom stereocenters. The van der Waals surface area contributed by atoms with Gasteiger partial charge in [0.1, 0.15) is 12.1 Å². The summed E-state index contributed by atoms with van der Waals surface area (Å²) in [5.74, 6) is -0.124. The van der Waals surface area contributed by atoms with Crippen LogP contribution in [0.5, 0.6) is 0 Å². The average molecular weight is 226 g/mol. The van der Waals surface area contributed by atoms with Gasteiger partial charge in [-0.15, -0.1) is 0 Å². The zero-order valence-electron chi connectivity index (χ0n) is 9.64. The van der Waals surface area contributed by atoms with Gasteiger partial charge in [-0.1, -0.05) is 20.3 Å². The Kier molecular flexibility index (Phi) is 2.88. The zero-order chi connectivity index (χ0) is 11.9. The molecule has 0 spiro atoms. The second kappa shape index (κ2) is 4.05. The molecule has 2 unspecified atom stereocenters. The van der Waals surface area contributed by atoms with E-state index in [1.54, 1.807) is 0 Å². The molecule has 2 N–H and O–H groups in total. The van der Waals surface area contributed by atoms with Crippen molar-refractivity contribution < 1.29 is 14.7 Å². The average Bonchev–Trinajstić information content (AvgIpc) is 2.65. The lowest BCUT2D eigenvalue weighted by Gasteiger charge is -2.37. The molecule has 0 aromatic carbocycles. The van der Waals surface area contributed by atoms with E-state index in [-0.39, 0.29) is 17.7 Å². The van der Waals surface area contributed by atoms with Crippen LogP contribution in [-0.4, -0.2) is 46.6 Å². The van der Waals surface area contributed by atoms with E-state index < -0.39 is 18.2 Å². The second-order valence-corrected chi connectivity index (χ2v) is 4.70. The standard InChI is InChI=1S/C11H18N2O3/c1-3-6(2)8-11(16)13-5-4-7(14)9(13)10(15)12-8/h6-9,14H,3-5H2,1-2H3,(H,12,15)/t6?,7?,8-,9-/m0/s1. The van der Waals surface area contributed by atoms with Crippen molar-refractivity contribution in [1.82, 2.24) is 10.2 Å². The lowest BCUT2D eigenvalue weighted by atomic mass is 9.94. The number of nitrogens with one attached hydrogen (secondary N) is 1. The van der Waals surface area contributed by atoms with Crippen molar-refractivity contribution in [2.45, 2.75) is 44.9 Å². The minimum absolute atomic E-state index is 0.0458. The van der Waals surface area contributed by atoms with E-state index in [2.05, 4.69) is 5.32 Å². The molecule has 0 aromatic rings. The summed E-state index contributed by atoms with van der Waals surface area (Å²) in [5.41, 5.74) is 0. The van der Waals surface area contributed by atoms with Crippen molar-refractivity contribution in [2.24, 2.45) is 5.92 Å². The molecule has 2 aliphatic heterocycles. The molecule has 0 bridgehead atoms. The molecule has 2 fully saturated rings. The highest BCUT2D eigenvalue weighted by Gasteiger charge is 2.48. The molecule has 2 aliphatic rings. The summed E-state index contributed by atoms with van der Waals surface area (Å²) in [7, 11) is 0. The smallest absolute Gasteiger partial charge is 0.246 e. The van der Waals surface area contributed by atoms with Gasteiger partial charge in [-0.3, -0.25) is 9.59 Å². The molecule has 2 heterocycles. The number of nitrogens with zero attached hydrogens (tertiary/aromatic N) is 1. The first-order chi connectivity index (χ1) is 7.56. The van der Waals surface area contributed by atoms with E-state index >= 15 is 0 Å². The van der Waals surface area contributed by atoms with Gasteiger partial charge in [0, 0.05) is 6.54 Å². The number of rotatable bonds is 2. The Morgan fingerprint density at radius 2 is 2.25 bits per heavy atom. The van der Waals surface area contributed by atoms with E-state index in [4.69, 9.17) is 0 Å². The van der Waals surface area contributed by atoms with Crippen LogP contribution in [0, 0.1) is 5.92 Å². The quantitative estimate of drug-likeness (QED) is 0.666. The maximum absolute atomic E-state index is 12.1. The maximum atomic E-state index is 12.1. The number of aliphatic hydroxyl groups is 1. The molecule has 0 saturated carbocycles. The summed E-state index contributed by atoms with van der Waals surface area (Å²) >= 11 is 0. The first-order valence-electron chi connectivity index (χ1n) is 5.85. The van der Waals surface area contributed by atoms with E-state index in [1.807, 2.05) is 13.8 Å². The Bertz CT molecular complexity index is 314. The van der Waals surface area contributed by atoms with E-state index in [1.165, 1.54) is 4.90 Å². The second-order valence-electron chi connectivity index (χ2n) is 4.70. The van der Waals surface area contributed by atoms with Crippen molar-refractivity contribution in [3.8, 4) is 0 Å². The predicted molar refractivity (Wildman–Crippen MR) is 57.5 cm³/mol. The van der Waals surface area contributed by atoms with Crippen LogP contribution in [0.3, 0.4) is 0 Å². The summed E-state index contributed by atoms with van der Waals surface area (Å²) in [5, 5.41) is 12.4. The predicted octanol–water partition coefficient (Wildman–Crippen LogP) is -0.507. The molecule has 90 valence electrons. The first kappa shape index (κ1) is 11.4. The van der Waals surface area contributed by atoms with Crippen LogP contribution in [0.4, 0.5) is 0 Å².